The highest BCUT2D eigenvalue weighted by atomic mass is 16.3. The Morgan fingerprint density at radius 2 is 1.00 bits per heavy atom. The van der Waals surface area contributed by atoms with Crippen LogP contribution in [0.5, 0.6) is 11.5 Å². The van der Waals surface area contributed by atoms with Crippen molar-refractivity contribution >= 4 is 0 Å². The van der Waals surface area contributed by atoms with Gasteiger partial charge < -0.3 is 10.2 Å². The average molecular weight is 430 g/mol. The molecular weight excluding hydrogens is 406 g/mol. The van der Waals surface area contributed by atoms with Crippen molar-refractivity contribution in [3.63, 3.8) is 0 Å². The highest BCUT2D eigenvalue weighted by Gasteiger charge is 2.21. The van der Waals surface area contributed by atoms with Crippen LogP contribution in [0.15, 0.2) is 121 Å². The van der Waals surface area contributed by atoms with E-state index in [-0.39, 0.29) is 17.4 Å². The second kappa shape index (κ2) is 9.01. The summed E-state index contributed by atoms with van der Waals surface area (Å²) >= 11 is 0. The molecule has 0 amide bonds. The lowest BCUT2D eigenvalue weighted by molar-refractivity contribution is 0.477. The van der Waals surface area contributed by atoms with Gasteiger partial charge in [0, 0.05) is 17.3 Å². The maximum Gasteiger partial charge on any atom is 0.123 e. The first-order valence-corrected chi connectivity index (χ1v) is 10.9. The van der Waals surface area contributed by atoms with E-state index in [0.29, 0.717) is 0 Å². The summed E-state index contributed by atoms with van der Waals surface area (Å²) < 4.78 is 0. The molecule has 0 saturated carbocycles. The van der Waals surface area contributed by atoms with Gasteiger partial charge in [-0.3, -0.25) is 4.98 Å². The molecule has 0 aliphatic carbocycles. The van der Waals surface area contributed by atoms with Gasteiger partial charge in [-0.2, -0.15) is 0 Å². The first-order chi connectivity index (χ1) is 16.2. The molecule has 0 aliphatic heterocycles. The van der Waals surface area contributed by atoms with Crippen molar-refractivity contribution < 1.29 is 10.2 Å². The fourth-order valence-corrected chi connectivity index (χ4v) is 4.24. The van der Waals surface area contributed by atoms with Crippen LogP contribution in [-0.2, 0) is 0 Å². The molecule has 0 saturated heterocycles. The zero-order valence-electron chi connectivity index (χ0n) is 18.0. The molecule has 2 N–H and O–H groups in total. The summed E-state index contributed by atoms with van der Waals surface area (Å²) in [5, 5.41) is 21.2. The quantitative estimate of drug-likeness (QED) is 0.316. The number of nitrogens with zero attached hydrogens (tertiary/aromatic N) is 1. The van der Waals surface area contributed by atoms with Gasteiger partial charge in [0.25, 0.3) is 0 Å². The van der Waals surface area contributed by atoms with Crippen molar-refractivity contribution in [3.05, 3.63) is 138 Å². The van der Waals surface area contributed by atoms with E-state index < -0.39 is 0 Å². The summed E-state index contributed by atoms with van der Waals surface area (Å²) in [5.41, 5.74) is 6.36. The van der Waals surface area contributed by atoms with Crippen LogP contribution < -0.4 is 0 Å². The molecule has 0 fully saturated rings. The smallest absolute Gasteiger partial charge is 0.123 e. The number of hydrogen-bond donors (Lipinski definition) is 2. The second-order valence-corrected chi connectivity index (χ2v) is 7.97. The number of rotatable bonds is 5. The van der Waals surface area contributed by atoms with Gasteiger partial charge in [-0.1, -0.05) is 78.9 Å². The van der Waals surface area contributed by atoms with Crippen molar-refractivity contribution in [3.8, 4) is 33.8 Å². The molecule has 0 aliphatic rings. The standard InChI is InChI=1S/C30H23NO2/c32-28-16-14-23(19-25(28)21-9-3-1-4-10-21)30(27-13-7-8-18-31-27)24-15-17-29(33)26(20-24)22-11-5-2-6-12-22/h1-20,30,32-33H. The number of phenols is 2. The van der Waals surface area contributed by atoms with Gasteiger partial charge in [-0.05, 0) is 58.7 Å². The highest BCUT2D eigenvalue weighted by molar-refractivity contribution is 5.73. The third-order valence-electron chi connectivity index (χ3n) is 5.86. The van der Waals surface area contributed by atoms with Crippen LogP contribution >= 0.6 is 0 Å². The summed E-state index contributed by atoms with van der Waals surface area (Å²) in [4.78, 5) is 4.66. The Hall–Kier alpha value is -4.37. The van der Waals surface area contributed by atoms with E-state index in [1.54, 1.807) is 18.3 Å². The van der Waals surface area contributed by atoms with E-state index in [0.717, 1.165) is 39.1 Å². The maximum absolute atomic E-state index is 10.6. The molecule has 3 nitrogen and oxygen atoms in total. The van der Waals surface area contributed by atoms with Crippen LogP contribution in [0.3, 0.4) is 0 Å². The van der Waals surface area contributed by atoms with Crippen molar-refractivity contribution in [1.29, 1.82) is 0 Å². The monoisotopic (exact) mass is 429 g/mol. The van der Waals surface area contributed by atoms with E-state index in [1.165, 1.54) is 0 Å². The molecule has 5 aromatic rings. The first-order valence-electron chi connectivity index (χ1n) is 10.9. The van der Waals surface area contributed by atoms with E-state index in [2.05, 4.69) is 4.98 Å². The predicted molar refractivity (Wildman–Crippen MR) is 132 cm³/mol. The Bertz CT molecular complexity index is 1280. The molecule has 4 aromatic carbocycles. The van der Waals surface area contributed by atoms with Crippen LogP contribution in [-0.4, -0.2) is 15.2 Å². The average Bonchev–Trinajstić information content (AvgIpc) is 2.88. The van der Waals surface area contributed by atoms with Crippen molar-refractivity contribution in [2.24, 2.45) is 0 Å². The summed E-state index contributed by atoms with van der Waals surface area (Å²) in [6.07, 6.45) is 1.79. The Balaban J connectivity index is 1.68. The SMILES string of the molecule is Oc1ccc(C(c2ccc(O)c(-c3ccccc3)c2)c2ccccn2)cc1-c1ccccc1. The van der Waals surface area contributed by atoms with Crippen molar-refractivity contribution in [1.82, 2.24) is 4.98 Å². The summed E-state index contributed by atoms with van der Waals surface area (Å²) in [6, 6.07) is 37.0. The van der Waals surface area contributed by atoms with Crippen molar-refractivity contribution in [2.45, 2.75) is 5.92 Å². The van der Waals surface area contributed by atoms with Crippen LogP contribution in [0.2, 0.25) is 0 Å². The molecule has 0 spiro atoms. The van der Waals surface area contributed by atoms with E-state index >= 15 is 0 Å². The van der Waals surface area contributed by atoms with Crippen LogP contribution in [0.1, 0.15) is 22.7 Å². The Labute approximate surface area is 193 Å². The third-order valence-corrected chi connectivity index (χ3v) is 5.86. The van der Waals surface area contributed by atoms with Gasteiger partial charge in [0.2, 0.25) is 0 Å². The summed E-state index contributed by atoms with van der Waals surface area (Å²) in [5.74, 6) is 0.304. The number of benzene rings is 4. The summed E-state index contributed by atoms with van der Waals surface area (Å²) in [7, 11) is 0. The molecule has 33 heavy (non-hydrogen) atoms. The molecule has 3 heteroatoms. The number of hydrogen-bond acceptors (Lipinski definition) is 3. The van der Waals surface area contributed by atoms with Gasteiger partial charge in [-0.15, -0.1) is 0 Å². The minimum atomic E-state index is -0.169. The molecule has 1 aromatic heterocycles. The Morgan fingerprint density at radius 3 is 1.45 bits per heavy atom. The lowest BCUT2D eigenvalue weighted by Crippen LogP contribution is -2.06. The number of pyridine rings is 1. The molecule has 160 valence electrons. The first kappa shape index (κ1) is 20.5. The topological polar surface area (TPSA) is 53.4 Å². The number of phenolic OH excluding ortho intramolecular Hbond substituents is 2. The van der Waals surface area contributed by atoms with Gasteiger partial charge in [-0.25, -0.2) is 0 Å². The van der Waals surface area contributed by atoms with Gasteiger partial charge in [0.1, 0.15) is 11.5 Å². The van der Waals surface area contributed by atoms with E-state index in [1.807, 2.05) is 103 Å². The fourth-order valence-electron chi connectivity index (χ4n) is 4.24. The molecule has 0 atom stereocenters. The van der Waals surface area contributed by atoms with E-state index in [4.69, 9.17) is 0 Å². The largest absolute Gasteiger partial charge is 0.507 e. The van der Waals surface area contributed by atoms with Gasteiger partial charge in [0.15, 0.2) is 0 Å². The molecule has 0 radical (unpaired) electrons. The highest BCUT2D eigenvalue weighted by Crippen LogP contribution is 2.39. The fraction of sp³-hybridized carbons (Fsp3) is 0.0333. The minimum Gasteiger partial charge on any atom is -0.507 e. The summed E-state index contributed by atoms with van der Waals surface area (Å²) in [6.45, 7) is 0. The molecule has 0 bridgehead atoms. The van der Waals surface area contributed by atoms with E-state index in [9.17, 15) is 10.2 Å². The van der Waals surface area contributed by atoms with Gasteiger partial charge >= 0.3 is 0 Å². The zero-order chi connectivity index (χ0) is 22.6. The molecule has 1 heterocycles. The second-order valence-electron chi connectivity index (χ2n) is 7.97. The van der Waals surface area contributed by atoms with Crippen LogP contribution in [0.4, 0.5) is 0 Å². The lowest BCUT2D eigenvalue weighted by atomic mass is 9.85. The Morgan fingerprint density at radius 1 is 0.515 bits per heavy atom. The number of aromatic hydroxyl groups is 2. The maximum atomic E-state index is 10.6. The Kier molecular flexibility index (Phi) is 5.61. The molecular formula is C30H23NO2. The number of aromatic nitrogens is 1. The normalized spacial score (nSPS) is 10.9. The van der Waals surface area contributed by atoms with Crippen LogP contribution in [0, 0.1) is 0 Å². The molecule has 5 rings (SSSR count). The third kappa shape index (κ3) is 4.21. The van der Waals surface area contributed by atoms with Crippen LogP contribution in [0.25, 0.3) is 22.3 Å². The minimum absolute atomic E-state index is 0.169. The predicted octanol–water partition coefficient (Wildman–Crippen LogP) is 7.01. The molecule has 0 unspecified atom stereocenters. The lowest BCUT2D eigenvalue weighted by Gasteiger charge is -2.20. The zero-order valence-corrected chi connectivity index (χ0v) is 18.0. The van der Waals surface area contributed by atoms with Crippen molar-refractivity contribution in [2.75, 3.05) is 0 Å². The van der Waals surface area contributed by atoms with Gasteiger partial charge in [0.05, 0.1) is 11.6 Å².